The standard InChI is InChI=1S/C22H20F4N4O/c23-18-12-27-21(28-16-6-2-1-3-7-16)29-20(18)14-5-4-8-17(11-14)30-13-15(22(24,25)26)9-10-19(30)31/h4-5,8-13,16H,1-3,6-7H2,(H,27,28,29). The molecular formula is C22H20F4N4O. The molecule has 5 nitrogen and oxygen atoms in total. The maximum atomic E-state index is 14.5. The fourth-order valence-electron chi connectivity index (χ4n) is 3.73. The first-order chi connectivity index (χ1) is 14.8. The SMILES string of the molecule is O=c1ccc(C(F)(F)F)cn1-c1cccc(-c2nc(NC3CCCCC3)ncc2F)c1. The van der Waals surface area contributed by atoms with Crippen molar-refractivity contribution in [2.75, 3.05) is 5.32 Å². The predicted molar refractivity (Wildman–Crippen MR) is 109 cm³/mol. The first kappa shape index (κ1) is 21.0. The quantitative estimate of drug-likeness (QED) is 0.576. The molecule has 0 radical (unpaired) electrons. The number of benzene rings is 1. The number of nitrogens with one attached hydrogen (secondary N) is 1. The number of hydrogen-bond donors (Lipinski definition) is 1. The number of aromatic nitrogens is 3. The highest BCUT2D eigenvalue weighted by Gasteiger charge is 2.31. The molecule has 2 heterocycles. The van der Waals surface area contributed by atoms with Gasteiger partial charge in [-0.25, -0.2) is 14.4 Å². The number of alkyl halides is 3. The van der Waals surface area contributed by atoms with Crippen molar-refractivity contribution in [3.63, 3.8) is 0 Å². The molecule has 0 bridgehead atoms. The fourth-order valence-corrected chi connectivity index (χ4v) is 3.73. The molecule has 1 aromatic carbocycles. The summed E-state index contributed by atoms with van der Waals surface area (Å²) in [6.45, 7) is 0. The predicted octanol–water partition coefficient (Wildman–Crippen LogP) is 5.20. The maximum Gasteiger partial charge on any atom is 0.417 e. The maximum absolute atomic E-state index is 14.5. The molecule has 2 aromatic heterocycles. The van der Waals surface area contributed by atoms with Crippen molar-refractivity contribution in [3.05, 3.63) is 70.5 Å². The minimum atomic E-state index is -4.59. The zero-order chi connectivity index (χ0) is 22.0. The van der Waals surface area contributed by atoms with Gasteiger partial charge in [-0.15, -0.1) is 0 Å². The minimum absolute atomic E-state index is 0.00943. The van der Waals surface area contributed by atoms with E-state index >= 15 is 0 Å². The monoisotopic (exact) mass is 432 g/mol. The van der Waals surface area contributed by atoms with E-state index in [1.165, 1.54) is 24.6 Å². The molecule has 1 aliphatic rings. The van der Waals surface area contributed by atoms with Crippen molar-refractivity contribution in [2.24, 2.45) is 0 Å². The zero-order valence-electron chi connectivity index (χ0n) is 16.5. The molecule has 0 saturated heterocycles. The Morgan fingerprint density at radius 2 is 1.84 bits per heavy atom. The van der Waals surface area contributed by atoms with Crippen LogP contribution in [0.25, 0.3) is 16.9 Å². The van der Waals surface area contributed by atoms with Gasteiger partial charge >= 0.3 is 6.18 Å². The molecule has 0 aliphatic heterocycles. The van der Waals surface area contributed by atoms with Gasteiger partial charge in [-0.3, -0.25) is 9.36 Å². The van der Waals surface area contributed by atoms with Gasteiger partial charge < -0.3 is 5.32 Å². The summed E-state index contributed by atoms with van der Waals surface area (Å²) in [7, 11) is 0. The molecule has 3 aromatic rings. The molecule has 0 atom stereocenters. The second kappa shape index (κ2) is 8.49. The van der Waals surface area contributed by atoms with Crippen LogP contribution in [-0.2, 0) is 6.18 Å². The van der Waals surface area contributed by atoms with E-state index in [0.717, 1.165) is 54.8 Å². The molecular weight excluding hydrogens is 412 g/mol. The number of anilines is 1. The van der Waals surface area contributed by atoms with Crippen molar-refractivity contribution in [1.29, 1.82) is 0 Å². The van der Waals surface area contributed by atoms with Crippen LogP contribution >= 0.6 is 0 Å². The van der Waals surface area contributed by atoms with Crippen LogP contribution < -0.4 is 10.9 Å². The fraction of sp³-hybridized carbons (Fsp3) is 0.318. The number of hydrogen-bond acceptors (Lipinski definition) is 4. The first-order valence-electron chi connectivity index (χ1n) is 10.0. The van der Waals surface area contributed by atoms with E-state index in [1.807, 2.05) is 0 Å². The van der Waals surface area contributed by atoms with E-state index in [2.05, 4.69) is 15.3 Å². The van der Waals surface area contributed by atoms with Crippen LogP contribution in [0.4, 0.5) is 23.5 Å². The molecule has 1 fully saturated rings. The molecule has 9 heteroatoms. The van der Waals surface area contributed by atoms with E-state index in [4.69, 9.17) is 0 Å². The highest BCUT2D eigenvalue weighted by atomic mass is 19.4. The van der Waals surface area contributed by atoms with Crippen molar-refractivity contribution < 1.29 is 17.6 Å². The summed E-state index contributed by atoms with van der Waals surface area (Å²) in [5, 5.41) is 3.23. The lowest BCUT2D eigenvalue weighted by Gasteiger charge is -2.22. The Bertz CT molecular complexity index is 1140. The highest BCUT2D eigenvalue weighted by molar-refractivity contribution is 5.64. The second-order valence-electron chi connectivity index (χ2n) is 7.54. The van der Waals surface area contributed by atoms with Crippen LogP contribution in [-0.4, -0.2) is 20.6 Å². The van der Waals surface area contributed by atoms with Crippen molar-refractivity contribution in [3.8, 4) is 16.9 Å². The average Bonchev–Trinajstić information content (AvgIpc) is 2.75. The van der Waals surface area contributed by atoms with Gasteiger partial charge in [-0.2, -0.15) is 13.2 Å². The summed E-state index contributed by atoms with van der Waals surface area (Å²) in [6, 6.07) is 7.83. The highest BCUT2D eigenvalue weighted by Crippen LogP contribution is 2.29. The minimum Gasteiger partial charge on any atom is -0.351 e. The largest absolute Gasteiger partial charge is 0.417 e. The van der Waals surface area contributed by atoms with Gasteiger partial charge in [0, 0.05) is 29.6 Å². The van der Waals surface area contributed by atoms with Crippen molar-refractivity contribution >= 4 is 5.95 Å². The van der Waals surface area contributed by atoms with Crippen LogP contribution in [0.2, 0.25) is 0 Å². The summed E-state index contributed by atoms with van der Waals surface area (Å²) in [5.74, 6) is -0.368. The number of halogens is 4. The van der Waals surface area contributed by atoms with Gasteiger partial charge in [0.2, 0.25) is 5.95 Å². The molecule has 1 aliphatic carbocycles. The van der Waals surface area contributed by atoms with E-state index in [9.17, 15) is 22.4 Å². The van der Waals surface area contributed by atoms with Crippen LogP contribution in [0.5, 0.6) is 0 Å². The smallest absolute Gasteiger partial charge is 0.351 e. The van der Waals surface area contributed by atoms with Crippen LogP contribution in [0, 0.1) is 5.82 Å². The Morgan fingerprint density at radius 1 is 1.06 bits per heavy atom. The van der Waals surface area contributed by atoms with Gasteiger partial charge in [-0.1, -0.05) is 31.4 Å². The summed E-state index contributed by atoms with van der Waals surface area (Å²) in [6.07, 6.45) is 2.60. The number of rotatable bonds is 4. The topological polar surface area (TPSA) is 59.8 Å². The summed E-state index contributed by atoms with van der Waals surface area (Å²) in [5.41, 5.74) is -1.07. The molecule has 1 N–H and O–H groups in total. The molecule has 4 rings (SSSR count). The van der Waals surface area contributed by atoms with Crippen LogP contribution in [0.1, 0.15) is 37.7 Å². The van der Waals surface area contributed by atoms with E-state index < -0.39 is 23.1 Å². The normalized spacial score (nSPS) is 15.1. The molecule has 31 heavy (non-hydrogen) atoms. The Balaban J connectivity index is 1.69. The molecule has 0 amide bonds. The van der Waals surface area contributed by atoms with Crippen LogP contribution in [0.3, 0.4) is 0 Å². The van der Waals surface area contributed by atoms with E-state index in [-0.39, 0.29) is 17.4 Å². The Morgan fingerprint density at radius 3 is 2.58 bits per heavy atom. The van der Waals surface area contributed by atoms with Crippen molar-refractivity contribution in [1.82, 2.24) is 14.5 Å². The van der Waals surface area contributed by atoms with Crippen LogP contribution in [0.15, 0.2) is 53.6 Å². The number of pyridine rings is 1. The Kier molecular flexibility index (Phi) is 5.75. The zero-order valence-corrected chi connectivity index (χ0v) is 16.5. The third-order valence-electron chi connectivity index (χ3n) is 5.32. The van der Waals surface area contributed by atoms with E-state index in [1.54, 1.807) is 6.07 Å². The third-order valence-corrected chi connectivity index (χ3v) is 5.32. The van der Waals surface area contributed by atoms with Gasteiger partial charge in [0.15, 0.2) is 5.82 Å². The van der Waals surface area contributed by atoms with Crippen molar-refractivity contribution in [2.45, 2.75) is 44.3 Å². The Hall–Kier alpha value is -3.23. The lowest BCUT2D eigenvalue weighted by Crippen LogP contribution is -2.23. The molecule has 1 saturated carbocycles. The summed E-state index contributed by atoms with van der Waals surface area (Å²) >= 11 is 0. The second-order valence-corrected chi connectivity index (χ2v) is 7.54. The van der Waals surface area contributed by atoms with Gasteiger partial charge in [-0.05, 0) is 31.0 Å². The first-order valence-corrected chi connectivity index (χ1v) is 10.0. The molecule has 162 valence electrons. The lowest BCUT2D eigenvalue weighted by atomic mass is 9.96. The lowest BCUT2D eigenvalue weighted by molar-refractivity contribution is -0.138. The Labute approximate surface area is 175 Å². The van der Waals surface area contributed by atoms with Gasteiger partial charge in [0.1, 0.15) is 5.69 Å². The van der Waals surface area contributed by atoms with Gasteiger partial charge in [0.05, 0.1) is 11.8 Å². The summed E-state index contributed by atoms with van der Waals surface area (Å²) in [4.78, 5) is 20.5. The number of nitrogens with zero attached hydrogens (tertiary/aromatic N) is 3. The average molecular weight is 432 g/mol. The molecule has 0 unspecified atom stereocenters. The van der Waals surface area contributed by atoms with Gasteiger partial charge in [0.25, 0.3) is 5.56 Å². The molecule has 0 spiro atoms. The van der Waals surface area contributed by atoms with E-state index in [0.29, 0.717) is 11.5 Å². The third kappa shape index (κ3) is 4.76. The summed E-state index contributed by atoms with van der Waals surface area (Å²) < 4.78 is 54.6.